The Kier molecular flexibility index (Phi) is 5.26. The molecule has 60 valence electrons. The molecule has 0 aromatic carbocycles. The summed E-state index contributed by atoms with van der Waals surface area (Å²) in [4.78, 5) is 2.16. The number of aliphatic hydroxyl groups is 1. The van der Waals surface area contributed by atoms with Gasteiger partial charge in [0.2, 0.25) is 0 Å². The highest BCUT2D eigenvalue weighted by Gasteiger charge is 2.08. The number of hydrogen-bond donors (Lipinski definition) is 1. The SMILES string of the molecule is C=CC(CO)N(CC)CC. The van der Waals surface area contributed by atoms with E-state index in [1.807, 2.05) is 0 Å². The Morgan fingerprint density at radius 2 is 2.00 bits per heavy atom. The minimum atomic E-state index is 0.134. The quantitative estimate of drug-likeness (QED) is 0.577. The van der Waals surface area contributed by atoms with E-state index in [4.69, 9.17) is 5.11 Å². The van der Waals surface area contributed by atoms with E-state index in [-0.39, 0.29) is 12.6 Å². The molecular formula is C8H17NO. The first-order valence-corrected chi connectivity index (χ1v) is 3.77. The van der Waals surface area contributed by atoms with Gasteiger partial charge in [-0.3, -0.25) is 4.90 Å². The Balaban J connectivity index is 3.81. The summed E-state index contributed by atoms with van der Waals surface area (Å²) in [5.41, 5.74) is 0. The summed E-state index contributed by atoms with van der Waals surface area (Å²) in [7, 11) is 0. The summed E-state index contributed by atoms with van der Waals surface area (Å²) < 4.78 is 0. The van der Waals surface area contributed by atoms with Gasteiger partial charge in [-0.05, 0) is 13.1 Å². The molecule has 1 unspecified atom stereocenters. The van der Waals surface area contributed by atoms with Crippen molar-refractivity contribution in [2.45, 2.75) is 19.9 Å². The van der Waals surface area contributed by atoms with Crippen molar-refractivity contribution in [3.05, 3.63) is 12.7 Å². The Hall–Kier alpha value is -0.340. The van der Waals surface area contributed by atoms with Crippen LogP contribution in [0.5, 0.6) is 0 Å². The number of aliphatic hydroxyl groups excluding tert-OH is 1. The molecule has 0 aliphatic carbocycles. The van der Waals surface area contributed by atoms with Crippen LogP contribution < -0.4 is 0 Å². The van der Waals surface area contributed by atoms with Gasteiger partial charge in [-0.25, -0.2) is 0 Å². The largest absolute Gasteiger partial charge is 0.394 e. The zero-order chi connectivity index (χ0) is 7.98. The van der Waals surface area contributed by atoms with Crippen LogP contribution in [0, 0.1) is 0 Å². The molecule has 0 amide bonds. The molecule has 2 nitrogen and oxygen atoms in total. The van der Waals surface area contributed by atoms with Gasteiger partial charge in [0.05, 0.1) is 12.6 Å². The molecule has 0 aliphatic heterocycles. The third kappa shape index (κ3) is 2.50. The molecule has 2 heteroatoms. The highest BCUT2D eigenvalue weighted by Crippen LogP contribution is 1.97. The normalized spacial score (nSPS) is 13.6. The average molecular weight is 143 g/mol. The Morgan fingerprint density at radius 1 is 1.50 bits per heavy atom. The molecule has 1 atom stereocenters. The lowest BCUT2D eigenvalue weighted by Gasteiger charge is -2.24. The molecule has 0 heterocycles. The van der Waals surface area contributed by atoms with Crippen LogP contribution in [0.4, 0.5) is 0 Å². The average Bonchev–Trinajstić information content (AvgIpc) is 2.00. The van der Waals surface area contributed by atoms with Gasteiger partial charge >= 0.3 is 0 Å². The minimum absolute atomic E-state index is 0.134. The Labute approximate surface area is 63.2 Å². The van der Waals surface area contributed by atoms with Crippen molar-refractivity contribution >= 4 is 0 Å². The van der Waals surface area contributed by atoms with Gasteiger partial charge in [-0.1, -0.05) is 19.9 Å². The van der Waals surface area contributed by atoms with Crippen LogP contribution in [0.15, 0.2) is 12.7 Å². The van der Waals surface area contributed by atoms with E-state index in [1.165, 1.54) is 0 Å². The van der Waals surface area contributed by atoms with Crippen LogP contribution in [-0.4, -0.2) is 35.7 Å². The molecule has 0 rings (SSSR count). The molecule has 1 N–H and O–H groups in total. The van der Waals surface area contributed by atoms with Crippen LogP contribution >= 0.6 is 0 Å². The summed E-state index contributed by atoms with van der Waals surface area (Å²) in [5.74, 6) is 0. The zero-order valence-corrected chi connectivity index (χ0v) is 6.88. The first kappa shape index (κ1) is 9.66. The summed E-state index contributed by atoms with van der Waals surface area (Å²) in [6, 6.07) is 0.134. The molecule has 0 radical (unpaired) electrons. The number of likely N-dealkylation sites (N-methyl/N-ethyl adjacent to an activating group) is 1. The van der Waals surface area contributed by atoms with Crippen molar-refractivity contribution in [2.24, 2.45) is 0 Å². The molecule has 0 spiro atoms. The maximum absolute atomic E-state index is 8.85. The van der Waals surface area contributed by atoms with E-state index in [9.17, 15) is 0 Å². The fraction of sp³-hybridized carbons (Fsp3) is 0.750. The lowest BCUT2D eigenvalue weighted by atomic mass is 10.2. The van der Waals surface area contributed by atoms with Crippen molar-refractivity contribution < 1.29 is 5.11 Å². The standard InChI is InChI=1S/C8H17NO/c1-4-8(7-10)9(5-2)6-3/h4,8,10H,1,5-7H2,2-3H3. The lowest BCUT2D eigenvalue weighted by Crippen LogP contribution is -2.35. The topological polar surface area (TPSA) is 23.5 Å². The second kappa shape index (κ2) is 5.45. The van der Waals surface area contributed by atoms with Crippen LogP contribution in [0.25, 0.3) is 0 Å². The van der Waals surface area contributed by atoms with Crippen molar-refractivity contribution in [3.63, 3.8) is 0 Å². The third-order valence-electron chi connectivity index (χ3n) is 1.74. The summed E-state index contributed by atoms with van der Waals surface area (Å²) in [5, 5.41) is 8.85. The van der Waals surface area contributed by atoms with E-state index in [0.717, 1.165) is 13.1 Å². The zero-order valence-electron chi connectivity index (χ0n) is 6.88. The number of hydrogen-bond acceptors (Lipinski definition) is 2. The maximum Gasteiger partial charge on any atom is 0.0622 e. The van der Waals surface area contributed by atoms with Crippen molar-refractivity contribution in [3.8, 4) is 0 Å². The Morgan fingerprint density at radius 3 is 2.10 bits per heavy atom. The van der Waals surface area contributed by atoms with Gasteiger partial charge in [-0.2, -0.15) is 0 Å². The summed E-state index contributed by atoms with van der Waals surface area (Å²) in [6.07, 6.45) is 1.78. The molecule has 0 aromatic heterocycles. The molecule has 0 saturated carbocycles. The fourth-order valence-corrected chi connectivity index (χ4v) is 1.03. The van der Waals surface area contributed by atoms with Crippen molar-refractivity contribution in [1.29, 1.82) is 0 Å². The Bertz CT molecular complexity index is 89.3. The van der Waals surface area contributed by atoms with Gasteiger partial charge in [-0.15, -0.1) is 6.58 Å². The van der Waals surface area contributed by atoms with Gasteiger partial charge in [0.1, 0.15) is 0 Å². The maximum atomic E-state index is 8.85. The van der Waals surface area contributed by atoms with Crippen LogP contribution in [-0.2, 0) is 0 Å². The molecule has 0 saturated heterocycles. The van der Waals surface area contributed by atoms with E-state index < -0.39 is 0 Å². The molecule has 10 heavy (non-hydrogen) atoms. The predicted molar refractivity (Wildman–Crippen MR) is 44.0 cm³/mol. The van der Waals surface area contributed by atoms with E-state index >= 15 is 0 Å². The van der Waals surface area contributed by atoms with Gasteiger partial charge in [0, 0.05) is 0 Å². The molecule has 0 aliphatic rings. The van der Waals surface area contributed by atoms with Crippen LogP contribution in [0.2, 0.25) is 0 Å². The monoisotopic (exact) mass is 143 g/mol. The summed E-state index contributed by atoms with van der Waals surface area (Å²) in [6.45, 7) is 9.91. The van der Waals surface area contributed by atoms with E-state index in [2.05, 4.69) is 25.3 Å². The molecule has 0 aromatic rings. The summed E-state index contributed by atoms with van der Waals surface area (Å²) >= 11 is 0. The van der Waals surface area contributed by atoms with E-state index in [1.54, 1.807) is 6.08 Å². The minimum Gasteiger partial charge on any atom is -0.394 e. The second-order valence-electron chi connectivity index (χ2n) is 2.21. The molecular weight excluding hydrogens is 126 g/mol. The predicted octanol–water partition coefficient (Wildman–Crippen LogP) is 0.875. The number of rotatable bonds is 5. The smallest absolute Gasteiger partial charge is 0.0622 e. The molecule has 0 bridgehead atoms. The van der Waals surface area contributed by atoms with Gasteiger partial charge < -0.3 is 5.11 Å². The highest BCUT2D eigenvalue weighted by atomic mass is 16.3. The van der Waals surface area contributed by atoms with Crippen LogP contribution in [0.1, 0.15) is 13.8 Å². The van der Waals surface area contributed by atoms with Gasteiger partial charge in [0.15, 0.2) is 0 Å². The first-order chi connectivity index (χ1) is 4.79. The van der Waals surface area contributed by atoms with Crippen molar-refractivity contribution in [1.82, 2.24) is 4.90 Å². The first-order valence-electron chi connectivity index (χ1n) is 3.77. The van der Waals surface area contributed by atoms with Crippen molar-refractivity contribution in [2.75, 3.05) is 19.7 Å². The highest BCUT2D eigenvalue weighted by molar-refractivity contribution is 4.86. The van der Waals surface area contributed by atoms with Gasteiger partial charge in [0.25, 0.3) is 0 Å². The lowest BCUT2D eigenvalue weighted by molar-refractivity contribution is 0.163. The van der Waals surface area contributed by atoms with Crippen LogP contribution in [0.3, 0.4) is 0 Å². The second-order valence-corrected chi connectivity index (χ2v) is 2.21. The molecule has 0 fully saturated rings. The third-order valence-corrected chi connectivity index (χ3v) is 1.74. The fourth-order valence-electron chi connectivity index (χ4n) is 1.03. The van der Waals surface area contributed by atoms with E-state index in [0.29, 0.717) is 0 Å². The number of nitrogens with zero attached hydrogens (tertiary/aromatic N) is 1.